The Balaban J connectivity index is 2.33. The summed E-state index contributed by atoms with van der Waals surface area (Å²) in [6.07, 6.45) is 2.36. The SMILES string of the molecule is [13CH3]N([13CH3])C(=O)Cc1c[nH]c2ccccc12. The second-order valence-corrected chi connectivity index (χ2v) is 3.82. The number of para-hydroxylation sites is 1. The summed E-state index contributed by atoms with van der Waals surface area (Å²) in [7, 11) is 3.55. The summed E-state index contributed by atoms with van der Waals surface area (Å²) in [6, 6.07) is 8.01. The number of carbonyl (C=O) groups excluding carboxylic acids is 1. The van der Waals surface area contributed by atoms with E-state index in [1.54, 1.807) is 19.0 Å². The fraction of sp³-hybridized carbons (Fsp3) is 0.250. The smallest absolute Gasteiger partial charge is 0.226 e. The topological polar surface area (TPSA) is 36.1 Å². The van der Waals surface area contributed by atoms with Crippen molar-refractivity contribution in [3.63, 3.8) is 0 Å². The van der Waals surface area contributed by atoms with E-state index in [1.165, 1.54) is 0 Å². The molecule has 15 heavy (non-hydrogen) atoms. The van der Waals surface area contributed by atoms with Gasteiger partial charge in [0.2, 0.25) is 5.91 Å². The molecule has 0 atom stereocenters. The van der Waals surface area contributed by atoms with E-state index in [-0.39, 0.29) is 5.91 Å². The molecule has 3 nitrogen and oxygen atoms in total. The van der Waals surface area contributed by atoms with Gasteiger partial charge in [-0.1, -0.05) is 18.2 Å². The maximum absolute atomic E-state index is 11.6. The lowest BCUT2D eigenvalue weighted by molar-refractivity contribution is -0.127. The Morgan fingerprint density at radius 1 is 1.33 bits per heavy atom. The number of amides is 1. The van der Waals surface area contributed by atoms with E-state index in [0.29, 0.717) is 6.42 Å². The van der Waals surface area contributed by atoms with Gasteiger partial charge < -0.3 is 9.88 Å². The molecule has 1 aromatic carbocycles. The van der Waals surface area contributed by atoms with E-state index in [1.807, 2.05) is 30.5 Å². The number of nitrogens with zero attached hydrogens (tertiary/aromatic N) is 1. The molecule has 0 saturated carbocycles. The Kier molecular flexibility index (Phi) is 2.46. The Labute approximate surface area is 88.7 Å². The standard InChI is InChI=1S/C12H14N2O/c1-14(2)12(15)7-9-8-13-11-6-4-3-5-10(9)11/h3-6,8,13H,7H2,1-2H3/i1+1,2+1. The molecule has 3 heteroatoms. The zero-order valence-electron chi connectivity index (χ0n) is 8.95. The summed E-state index contributed by atoms with van der Waals surface area (Å²) in [6.45, 7) is 0. The van der Waals surface area contributed by atoms with Gasteiger partial charge in [-0.3, -0.25) is 4.79 Å². The van der Waals surface area contributed by atoms with Gasteiger partial charge in [0.05, 0.1) is 6.42 Å². The molecule has 0 spiro atoms. The van der Waals surface area contributed by atoms with E-state index in [0.717, 1.165) is 16.5 Å². The van der Waals surface area contributed by atoms with E-state index >= 15 is 0 Å². The van der Waals surface area contributed by atoms with Gasteiger partial charge in [-0.05, 0) is 11.6 Å². The van der Waals surface area contributed by atoms with Gasteiger partial charge in [0.1, 0.15) is 0 Å². The fourth-order valence-electron chi connectivity index (χ4n) is 1.60. The average molecular weight is 204 g/mol. The zero-order valence-corrected chi connectivity index (χ0v) is 8.95. The predicted octanol–water partition coefficient (Wildman–Crippen LogP) is 1.80. The first-order valence-electron chi connectivity index (χ1n) is 4.93. The molecular weight excluding hydrogens is 190 g/mol. The van der Waals surface area contributed by atoms with Crippen LogP contribution in [-0.4, -0.2) is 29.9 Å². The van der Waals surface area contributed by atoms with Crippen molar-refractivity contribution in [2.75, 3.05) is 14.1 Å². The summed E-state index contributed by atoms with van der Waals surface area (Å²) in [5.74, 6) is 0.125. The van der Waals surface area contributed by atoms with Crippen LogP contribution in [0.25, 0.3) is 10.9 Å². The van der Waals surface area contributed by atoms with E-state index in [9.17, 15) is 4.79 Å². The molecule has 0 fully saturated rings. The Morgan fingerprint density at radius 2 is 2.07 bits per heavy atom. The quantitative estimate of drug-likeness (QED) is 0.744. The lowest BCUT2D eigenvalue weighted by atomic mass is 10.1. The highest BCUT2D eigenvalue weighted by molar-refractivity contribution is 5.88. The minimum atomic E-state index is 0.125. The van der Waals surface area contributed by atoms with Gasteiger partial charge in [-0.2, -0.15) is 0 Å². The van der Waals surface area contributed by atoms with Crippen LogP contribution in [0.4, 0.5) is 0 Å². The van der Waals surface area contributed by atoms with E-state index in [4.69, 9.17) is 0 Å². The van der Waals surface area contributed by atoms with Crippen molar-refractivity contribution in [3.8, 4) is 0 Å². The third-order valence-electron chi connectivity index (χ3n) is 2.52. The fourth-order valence-corrected chi connectivity index (χ4v) is 1.60. The number of fused-ring (bicyclic) bond motifs is 1. The first-order valence-corrected chi connectivity index (χ1v) is 4.93. The molecular formula is C12H14N2O. The van der Waals surface area contributed by atoms with Crippen LogP contribution in [0.5, 0.6) is 0 Å². The zero-order chi connectivity index (χ0) is 10.8. The van der Waals surface area contributed by atoms with Crippen molar-refractivity contribution in [2.45, 2.75) is 6.42 Å². The molecule has 0 unspecified atom stereocenters. The molecule has 2 aromatic rings. The third kappa shape index (κ3) is 1.86. The number of likely N-dealkylation sites (N-methyl/N-ethyl adjacent to an activating group) is 1. The average Bonchev–Trinajstić information content (AvgIpc) is 2.62. The van der Waals surface area contributed by atoms with Crippen molar-refractivity contribution < 1.29 is 4.79 Å². The minimum Gasteiger partial charge on any atom is -0.361 e. The van der Waals surface area contributed by atoms with Crippen LogP contribution >= 0.6 is 0 Å². The molecule has 1 N–H and O–H groups in total. The molecule has 1 amide bonds. The number of carbonyl (C=O) groups is 1. The predicted molar refractivity (Wildman–Crippen MR) is 60.7 cm³/mol. The number of aromatic nitrogens is 1. The maximum atomic E-state index is 11.6. The molecule has 0 saturated heterocycles. The Morgan fingerprint density at radius 3 is 2.80 bits per heavy atom. The number of hydrogen-bond acceptors (Lipinski definition) is 1. The van der Waals surface area contributed by atoms with Crippen LogP contribution in [0.1, 0.15) is 5.56 Å². The van der Waals surface area contributed by atoms with Crippen LogP contribution in [0.15, 0.2) is 30.5 Å². The highest BCUT2D eigenvalue weighted by Crippen LogP contribution is 2.18. The van der Waals surface area contributed by atoms with Gasteiger partial charge in [-0.15, -0.1) is 0 Å². The first-order chi connectivity index (χ1) is 7.18. The number of nitrogens with one attached hydrogen (secondary N) is 1. The highest BCUT2D eigenvalue weighted by Gasteiger charge is 2.09. The summed E-state index contributed by atoms with van der Waals surface area (Å²) >= 11 is 0. The van der Waals surface area contributed by atoms with Gasteiger partial charge in [-0.25, -0.2) is 0 Å². The summed E-state index contributed by atoms with van der Waals surface area (Å²) in [5, 5.41) is 1.13. The molecule has 1 heterocycles. The maximum Gasteiger partial charge on any atom is 0.226 e. The molecule has 0 bridgehead atoms. The molecule has 0 aliphatic rings. The lowest BCUT2D eigenvalue weighted by Gasteiger charge is -2.08. The van der Waals surface area contributed by atoms with Crippen molar-refractivity contribution >= 4 is 16.8 Å². The second kappa shape index (κ2) is 3.77. The number of rotatable bonds is 2. The molecule has 1 aromatic heterocycles. The van der Waals surface area contributed by atoms with Crippen molar-refractivity contribution in [3.05, 3.63) is 36.0 Å². The molecule has 78 valence electrons. The Hall–Kier alpha value is -1.77. The normalized spacial score (nSPS) is 10.5. The third-order valence-corrected chi connectivity index (χ3v) is 2.52. The number of hydrogen-bond donors (Lipinski definition) is 1. The van der Waals surface area contributed by atoms with Crippen molar-refractivity contribution in [2.24, 2.45) is 0 Å². The lowest BCUT2D eigenvalue weighted by Crippen LogP contribution is -2.23. The molecule has 0 radical (unpaired) electrons. The van der Waals surface area contributed by atoms with Crippen LogP contribution in [0, 0.1) is 0 Å². The Bertz CT molecular complexity index is 485. The molecule has 2 rings (SSSR count). The largest absolute Gasteiger partial charge is 0.361 e. The highest BCUT2D eigenvalue weighted by atomic mass is 16.2. The summed E-state index contributed by atoms with van der Waals surface area (Å²) in [5.41, 5.74) is 2.14. The molecule has 0 aliphatic carbocycles. The first kappa shape index (κ1) is 9.77. The van der Waals surface area contributed by atoms with E-state index in [2.05, 4.69) is 4.98 Å². The summed E-state index contributed by atoms with van der Waals surface area (Å²) in [4.78, 5) is 16.3. The van der Waals surface area contributed by atoms with Crippen LogP contribution in [0.2, 0.25) is 0 Å². The van der Waals surface area contributed by atoms with E-state index < -0.39 is 0 Å². The van der Waals surface area contributed by atoms with Crippen molar-refractivity contribution in [1.29, 1.82) is 0 Å². The van der Waals surface area contributed by atoms with Crippen LogP contribution < -0.4 is 0 Å². The monoisotopic (exact) mass is 204 g/mol. The number of H-pyrrole nitrogens is 1. The number of aromatic amines is 1. The van der Waals surface area contributed by atoms with Crippen LogP contribution in [-0.2, 0) is 11.2 Å². The van der Waals surface area contributed by atoms with Gasteiger partial charge in [0, 0.05) is 31.2 Å². The van der Waals surface area contributed by atoms with Gasteiger partial charge in [0.25, 0.3) is 0 Å². The van der Waals surface area contributed by atoms with Gasteiger partial charge >= 0.3 is 0 Å². The second-order valence-electron chi connectivity index (χ2n) is 3.82. The van der Waals surface area contributed by atoms with Crippen LogP contribution in [0.3, 0.4) is 0 Å². The minimum absolute atomic E-state index is 0.125. The van der Waals surface area contributed by atoms with Gasteiger partial charge in [0.15, 0.2) is 0 Å². The molecule has 0 aliphatic heterocycles. The summed E-state index contributed by atoms with van der Waals surface area (Å²) < 4.78 is 0. The van der Waals surface area contributed by atoms with Crippen molar-refractivity contribution in [1.82, 2.24) is 9.88 Å². The number of benzene rings is 1.